The molecule has 0 aliphatic heterocycles. The molecule has 0 fully saturated rings. The molecular formula is C9H13F3N4S. The Morgan fingerprint density at radius 1 is 1.41 bits per heavy atom. The van der Waals surface area contributed by atoms with Crippen molar-refractivity contribution >= 4 is 23.5 Å². The van der Waals surface area contributed by atoms with Gasteiger partial charge in [0.05, 0.1) is 0 Å². The Morgan fingerprint density at radius 2 is 2.12 bits per heavy atom. The third-order valence-corrected chi connectivity index (χ3v) is 2.45. The summed E-state index contributed by atoms with van der Waals surface area (Å²) >= 11 is -0.0530. The summed E-state index contributed by atoms with van der Waals surface area (Å²) in [6.07, 6.45) is 1.56. The molecular weight excluding hydrogens is 253 g/mol. The molecule has 1 aromatic heterocycles. The molecule has 1 aromatic rings. The monoisotopic (exact) mass is 266 g/mol. The van der Waals surface area contributed by atoms with Gasteiger partial charge in [0, 0.05) is 32.6 Å². The van der Waals surface area contributed by atoms with Gasteiger partial charge in [0.15, 0.2) is 0 Å². The van der Waals surface area contributed by atoms with Gasteiger partial charge in [0.25, 0.3) is 0 Å². The summed E-state index contributed by atoms with van der Waals surface area (Å²) in [6.45, 7) is 0.202. The minimum Gasteiger partial charge on any atom is -0.369 e. The van der Waals surface area contributed by atoms with E-state index in [1.54, 1.807) is 31.3 Å². The van der Waals surface area contributed by atoms with Gasteiger partial charge in [-0.05, 0) is 17.8 Å². The number of nitrogens with one attached hydrogen (secondary N) is 1. The molecule has 17 heavy (non-hydrogen) atoms. The number of thioether (sulfide) groups is 1. The molecule has 0 radical (unpaired) electrons. The summed E-state index contributed by atoms with van der Waals surface area (Å²) in [5.74, 6) is 0.982. The second-order valence-electron chi connectivity index (χ2n) is 3.36. The smallest absolute Gasteiger partial charge is 0.369 e. The maximum absolute atomic E-state index is 11.9. The van der Waals surface area contributed by atoms with Crippen molar-refractivity contribution < 1.29 is 13.2 Å². The van der Waals surface area contributed by atoms with Crippen LogP contribution in [0, 0.1) is 0 Å². The largest absolute Gasteiger partial charge is 0.441 e. The molecule has 1 rings (SSSR count). The van der Waals surface area contributed by atoms with E-state index in [1.807, 2.05) is 0 Å². The van der Waals surface area contributed by atoms with Crippen molar-refractivity contribution in [1.29, 1.82) is 0 Å². The van der Waals surface area contributed by atoms with Crippen LogP contribution in [0.5, 0.6) is 0 Å². The molecule has 0 aromatic carbocycles. The zero-order valence-corrected chi connectivity index (χ0v) is 10.3. The fraction of sp³-hybridized carbons (Fsp3) is 0.556. The first kappa shape index (κ1) is 13.9. The van der Waals surface area contributed by atoms with Crippen LogP contribution in [-0.4, -0.2) is 41.9 Å². The Labute approximate surface area is 102 Å². The van der Waals surface area contributed by atoms with Gasteiger partial charge in [0.1, 0.15) is 5.82 Å². The maximum atomic E-state index is 11.9. The summed E-state index contributed by atoms with van der Waals surface area (Å²) in [7, 11) is 3.58. The van der Waals surface area contributed by atoms with Crippen LogP contribution in [0.1, 0.15) is 0 Å². The number of hydrogen-bond acceptors (Lipinski definition) is 5. The third-order valence-electron chi connectivity index (χ3n) is 1.72. The average molecular weight is 266 g/mol. The highest BCUT2D eigenvalue weighted by Gasteiger charge is 2.27. The van der Waals surface area contributed by atoms with Crippen LogP contribution in [-0.2, 0) is 0 Å². The number of aromatic nitrogens is 2. The molecule has 0 amide bonds. The summed E-state index contributed by atoms with van der Waals surface area (Å²) in [6, 6.07) is 1.62. The van der Waals surface area contributed by atoms with E-state index in [2.05, 4.69) is 15.3 Å². The van der Waals surface area contributed by atoms with E-state index in [9.17, 15) is 13.2 Å². The summed E-state index contributed by atoms with van der Waals surface area (Å²) < 4.78 is 35.6. The number of hydrogen-bond donors (Lipinski definition) is 1. The number of halogens is 3. The van der Waals surface area contributed by atoms with Gasteiger partial charge in [0.2, 0.25) is 5.95 Å². The quantitative estimate of drug-likeness (QED) is 0.827. The number of nitrogens with zero attached hydrogens (tertiary/aromatic N) is 3. The lowest BCUT2D eigenvalue weighted by atomic mass is 10.5. The van der Waals surface area contributed by atoms with Crippen LogP contribution in [0.25, 0.3) is 0 Å². The predicted octanol–water partition coefficient (Wildman–Crippen LogP) is 2.21. The molecule has 1 N–H and O–H groups in total. The normalized spacial score (nSPS) is 11.4. The zero-order valence-electron chi connectivity index (χ0n) is 9.45. The second-order valence-corrected chi connectivity index (χ2v) is 4.52. The standard InChI is InChI=1S/C9H13F3N4S/c1-16(2)8-14-4-3-7(15-8)13-5-6-17-9(10,11)12/h3-4H,5-6H2,1-2H3,(H,13,14,15). The van der Waals surface area contributed by atoms with Crippen LogP contribution in [0.2, 0.25) is 0 Å². The number of anilines is 2. The molecule has 0 aliphatic carbocycles. The summed E-state index contributed by atoms with van der Waals surface area (Å²) in [4.78, 5) is 9.83. The first-order valence-corrected chi connectivity index (χ1v) is 5.82. The van der Waals surface area contributed by atoms with Crippen molar-refractivity contribution in [3.8, 4) is 0 Å². The van der Waals surface area contributed by atoms with Gasteiger partial charge in [-0.2, -0.15) is 18.2 Å². The molecule has 0 bridgehead atoms. The van der Waals surface area contributed by atoms with Crippen molar-refractivity contribution in [2.24, 2.45) is 0 Å². The Bertz CT molecular complexity index is 356. The van der Waals surface area contributed by atoms with Crippen LogP contribution < -0.4 is 10.2 Å². The van der Waals surface area contributed by atoms with Gasteiger partial charge < -0.3 is 10.2 Å². The van der Waals surface area contributed by atoms with Gasteiger partial charge in [-0.25, -0.2) is 4.98 Å². The van der Waals surface area contributed by atoms with E-state index in [0.29, 0.717) is 11.8 Å². The Balaban J connectivity index is 2.39. The van der Waals surface area contributed by atoms with Gasteiger partial charge in [-0.15, -0.1) is 0 Å². The number of alkyl halides is 3. The first-order valence-electron chi connectivity index (χ1n) is 4.83. The molecule has 8 heteroatoms. The topological polar surface area (TPSA) is 41.1 Å². The van der Waals surface area contributed by atoms with Crippen LogP contribution in [0.3, 0.4) is 0 Å². The SMILES string of the molecule is CN(C)c1nccc(NCCSC(F)(F)F)n1. The minimum absolute atomic E-state index is 0.0508. The lowest BCUT2D eigenvalue weighted by molar-refractivity contribution is -0.0327. The van der Waals surface area contributed by atoms with Crippen LogP contribution in [0.15, 0.2) is 12.3 Å². The second kappa shape index (κ2) is 5.95. The van der Waals surface area contributed by atoms with Gasteiger partial charge >= 0.3 is 5.51 Å². The third kappa shape index (κ3) is 5.62. The van der Waals surface area contributed by atoms with E-state index >= 15 is 0 Å². The van der Waals surface area contributed by atoms with Crippen molar-refractivity contribution in [2.45, 2.75) is 5.51 Å². The van der Waals surface area contributed by atoms with Gasteiger partial charge in [-0.3, -0.25) is 0 Å². The molecule has 0 atom stereocenters. The molecule has 0 saturated heterocycles. The highest BCUT2D eigenvalue weighted by atomic mass is 32.2. The Morgan fingerprint density at radius 3 is 2.71 bits per heavy atom. The Hall–Kier alpha value is -1.18. The van der Waals surface area contributed by atoms with Crippen LogP contribution in [0.4, 0.5) is 24.9 Å². The summed E-state index contributed by atoms with van der Waals surface area (Å²) in [5, 5.41) is 2.81. The van der Waals surface area contributed by atoms with Crippen molar-refractivity contribution in [3.63, 3.8) is 0 Å². The zero-order chi connectivity index (χ0) is 12.9. The molecule has 1 heterocycles. The van der Waals surface area contributed by atoms with Crippen LogP contribution >= 0.6 is 11.8 Å². The van der Waals surface area contributed by atoms with Crippen molar-refractivity contribution in [1.82, 2.24) is 9.97 Å². The minimum atomic E-state index is -4.18. The average Bonchev–Trinajstić information content (AvgIpc) is 2.23. The molecule has 0 unspecified atom stereocenters. The van der Waals surface area contributed by atoms with E-state index in [4.69, 9.17) is 0 Å². The molecule has 96 valence electrons. The first-order chi connectivity index (χ1) is 7.88. The highest BCUT2D eigenvalue weighted by Crippen LogP contribution is 2.29. The van der Waals surface area contributed by atoms with E-state index in [0.717, 1.165) is 0 Å². The fourth-order valence-corrected chi connectivity index (χ4v) is 1.44. The Kier molecular flexibility index (Phi) is 4.86. The van der Waals surface area contributed by atoms with E-state index in [-0.39, 0.29) is 24.1 Å². The molecule has 4 nitrogen and oxygen atoms in total. The molecule has 0 spiro atoms. The van der Waals surface area contributed by atoms with Crippen molar-refractivity contribution in [2.75, 3.05) is 36.6 Å². The lowest BCUT2D eigenvalue weighted by Crippen LogP contribution is -2.15. The van der Waals surface area contributed by atoms with E-state index < -0.39 is 5.51 Å². The van der Waals surface area contributed by atoms with Crippen molar-refractivity contribution in [3.05, 3.63) is 12.3 Å². The fourth-order valence-electron chi connectivity index (χ4n) is 1.01. The summed E-state index contributed by atoms with van der Waals surface area (Å²) in [5.41, 5.74) is -4.18. The van der Waals surface area contributed by atoms with E-state index in [1.165, 1.54) is 0 Å². The van der Waals surface area contributed by atoms with Gasteiger partial charge in [-0.1, -0.05) is 0 Å². The lowest BCUT2D eigenvalue weighted by Gasteiger charge is -2.11. The highest BCUT2D eigenvalue weighted by molar-refractivity contribution is 8.00. The molecule has 0 saturated carbocycles. The maximum Gasteiger partial charge on any atom is 0.441 e. The predicted molar refractivity (Wildman–Crippen MR) is 63.4 cm³/mol. The number of rotatable bonds is 5. The molecule has 0 aliphatic rings.